The van der Waals surface area contributed by atoms with Crippen LogP contribution < -0.4 is 0 Å². The molecule has 31 heavy (non-hydrogen) atoms. The van der Waals surface area contributed by atoms with Crippen LogP contribution in [0.15, 0.2) is 47.6 Å². The summed E-state index contributed by atoms with van der Waals surface area (Å²) >= 11 is 6.40. The molecule has 0 radical (unpaired) electrons. The molecule has 1 heterocycles. The highest BCUT2D eigenvalue weighted by atomic mass is 35.5. The van der Waals surface area contributed by atoms with E-state index in [9.17, 15) is 20.4 Å². The molecule has 1 fully saturated rings. The van der Waals surface area contributed by atoms with Gasteiger partial charge in [0.25, 0.3) is 0 Å². The van der Waals surface area contributed by atoms with Crippen molar-refractivity contribution in [3.8, 4) is 0 Å². The zero-order valence-electron chi connectivity index (χ0n) is 17.5. The number of halogens is 1. The van der Waals surface area contributed by atoms with E-state index in [2.05, 4.69) is 5.16 Å². The van der Waals surface area contributed by atoms with Gasteiger partial charge in [-0.3, -0.25) is 0 Å². The lowest BCUT2D eigenvalue weighted by atomic mass is 9.90. The minimum absolute atomic E-state index is 0.472. The molecule has 2 aromatic carbocycles. The van der Waals surface area contributed by atoms with Crippen molar-refractivity contribution in [2.75, 3.05) is 13.2 Å². The molecule has 0 amide bonds. The maximum absolute atomic E-state index is 10.4. The van der Waals surface area contributed by atoms with Crippen LogP contribution in [0.25, 0.3) is 0 Å². The van der Waals surface area contributed by atoms with Crippen LogP contribution >= 0.6 is 11.6 Å². The van der Waals surface area contributed by atoms with E-state index in [1.54, 1.807) is 12.1 Å². The van der Waals surface area contributed by atoms with Crippen LogP contribution in [0.2, 0.25) is 5.02 Å². The van der Waals surface area contributed by atoms with E-state index in [1.807, 2.05) is 44.2 Å². The van der Waals surface area contributed by atoms with Crippen LogP contribution in [0.4, 0.5) is 0 Å². The van der Waals surface area contributed by atoms with Crippen molar-refractivity contribution >= 4 is 17.3 Å². The van der Waals surface area contributed by atoms with Gasteiger partial charge in [-0.2, -0.15) is 0 Å². The molecule has 8 heteroatoms. The van der Waals surface area contributed by atoms with E-state index in [0.29, 0.717) is 23.6 Å². The maximum Gasteiger partial charge on any atom is 0.114 e. The van der Waals surface area contributed by atoms with Gasteiger partial charge >= 0.3 is 0 Å². The number of rotatable bonds is 7. The molecule has 0 spiro atoms. The zero-order valence-corrected chi connectivity index (χ0v) is 18.2. The van der Waals surface area contributed by atoms with Gasteiger partial charge in [-0.1, -0.05) is 53.2 Å². The molecule has 1 aliphatic heterocycles. The quantitative estimate of drug-likeness (QED) is 0.381. The third-order valence-corrected chi connectivity index (χ3v) is 5.76. The fraction of sp³-hybridized carbons (Fsp3) is 0.435. The van der Waals surface area contributed by atoms with Gasteiger partial charge in [0, 0.05) is 5.02 Å². The monoisotopic (exact) mass is 449 g/mol. The molecule has 0 aliphatic carbocycles. The van der Waals surface area contributed by atoms with Crippen molar-refractivity contribution in [3.05, 3.63) is 69.7 Å². The average Bonchev–Trinajstić information content (AvgIpc) is 2.78. The first-order valence-electron chi connectivity index (χ1n) is 10.2. The van der Waals surface area contributed by atoms with Gasteiger partial charge in [-0.05, 0) is 48.6 Å². The molecule has 0 saturated carbocycles. The van der Waals surface area contributed by atoms with Gasteiger partial charge in [0.05, 0.1) is 12.3 Å². The molecular formula is C23H28ClNO6. The maximum atomic E-state index is 10.4. The molecule has 168 valence electrons. The van der Waals surface area contributed by atoms with Gasteiger partial charge in [-0.25, -0.2) is 0 Å². The number of aliphatic hydroxyl groups excluding tert-OH is 4. The largest absolute Gasteiger partial charge is 0.396 e. The standard InChI is InChI=1S/C23H28ClNO6/c1-3-30-25-13(2)15-6-4-14(5-7-15)10-17-11-16(8-9-18(17)24)23-22(29)21(28)20(27)19(12-26)31-23/h4-9,11,19-23,26-29H,3,10,12H2,1-2H3. The molecule has 5 unspecified atom stereocenters. The highest BCUT2D eigenvalue weighted by molar-refractivity contribution is 6.31. The number of benzene rings is 2. The SMILES string of the molecule is CCON=C(C)c1ccc(Cc2cc(C3OC(CO)C(O)C(O)C3O)ccc2Cl)cc1. The minimum Gasteiger partial charge on any atom is -0.396 e. The van der Waals surface area contributed by atoms with Crippen LogP contribution in [0.3, 0.4) is 0 Å². The summed E-state index contributed by atoms with van der Waals surface area (Å²) in [4.78, 5) is 5.09. The van der Waals surface area contributed by atoms with Crippen molar-refractivity contribution in [3.63, 3.8) is 0 Å². The summed E-state index contributed by atoms with van der Waals surface area (Å²) in [6.07, 6.45) is -5.46. The lowest BCUT2D eigenvalue weighted by molar-refractivity contribution is -0.231. The first kappa shape index (κ1) is 23.7. The number of hydrogen-bond donors (Lipinski definition) is 4. The summed E-state index contributed by atoms with van der Waals surface area (Å²) in [7, 11) is 0. The summed E-state index contributed by atoms with van der Waals surface area (Å²) < 4.78 is 5.66. The molecule has 7 nitrogen and oxygen atoms in total. The lowest BCUT2D eigenvalue weighted by Crippen LogP contribution is -2.55. The number of oxime groups is 1. The predicted molar refractivity (Wildman–Crippen MR) is 117 cm³/mol. The predicted octanol–water partition coefficient (Wildman–Crippen LogP) is 2.21. The van der Waals surface area contributed by atoms with Crippen molar-refractivity contribution in [2.24, 2.45) is 5.16 Å². The third-order valence-electron chi connectivity index (χ3n) is 5.39. The Kier molecular flexibility index (Phi) is 8.05. The van der Waals surface area contributed by atoms with Crippen LogP contribution in [0.5, 0.6) is 0 Å². The Morgan fingerprint density at radius 3 is 2.42 bits per heavy atom. The van der Waals surface area contributed by atoms with Crippen molar-refractivity contribution in [1.82, 2.24) is 0 Å². The van der Waals surface area contributed by atoms with Gasteiger partial charge in [0.15, 0.2) is 0 Å². The average molecular weight is 450 g/mol. The molecule has 1 saturated heterocycles. The summed E-state index contributed by atoms with van der Waals surface area (Å²) in [5.74, 6) is 0. The van der Waals surface area contributed by atoms with Crippen LogP contribution in [0.1, 0.15) is 42.2 Å². The highest BCUT2D eigenvalue weighted by Crippen LogP contribution is 2.34. The first-order chi connectivity index (χ1) is 14.8. The molecule has 3 rings (SSSR count). The minimum atomic E-state index is -1.43. The fourth-order valence-corrected chi connectivity index (χ4v) is 3.77. The summed E-state index contributed by atoms with van der Waals surface area (Å²) in [5.41, 5.74) is 4.20. The van der Waals surface area contributed by atoms with Crippen molar-refractivity contribution in [1.29, 1.82) is 0 Å². The number of hydrogen-bond acceptors (Lipinski definition) is 7. The summed E-state index contributed by atoms with van der Waals surface area (Å²) in [5, 5.41) is 44.5. The molecule has 1 aliphatic rings. The van der Waals surface area contributed by atoms with E-state index < -0.39 is 37.1 Å². The Bertz CT molecular complexity index is 901. The van der Waals surface area contributed by atoms with Crippen molar-refractivity contribution in [2.45, 2.75) is 50.8 Å². The second-order valence-corrected chi connectivity index (χ2v) is 7.98. The lowest BCUT2D eigenvalue weighted by Gasteiger charge is -2.40. The summed E-state index contributed by atoms with van der Waals surface area (Å²) in [6, 6.07) is 13.1. The molecule has 2 aromatic rings. The van der Waals surface area contributed by atoms with E-state index in [1.165, 1.54) is 0 Å². The van der Waals surface area contributed by atoms with E-state index in [0.717, 1.165) is 22.4 Å². The Morgan fingerprint density at radius 2 is 1.77 bits per heavy atom. The first-order valence-corrected chi connectivity index (χ1v) is 10.6. The highest BCUT2D eigenvalue weighted by Gasteiger charge is 2.44. The fourth-order valence-electron chi connectivity index (χ4n) is 3.58. The number of aliphatic hydroxyl groups is 4. The molecule has 0 aromatic heterocycles. The smallest absolute Gasteiger partial charge is 0.114 e. The van der Waals surface area contributed by atoms with E-state index in [4.69, 9.17) is 21.2 Å². The Hall–Kier alpha value is -2.00. The Morgan fingerprint density at radius 1 is 1.06 bits per heavy atom. The topological polar surface area (TPSA) is 112 Å². The van der Waals surface area contributed by atoms with E-state index >= 15 is 0 Å². The van der Waals surface area contributed by atoms with Gasteiger partial charge in [-0.15, -0.1) is 0 Å². The van der Waals surface area contributed by atoms with Gasteiger partial charge < -0.3 is 30.0 Å². The number of ether oxygens (including phenoxy) is 1. The van der Waals surface area contributed by atoms with Crippen LogP contribution in [-0.4, -0.2) is 63.8 Å². The number of nitrogens with zero attached hydrogens (tertiary/aromatic N) is 1. The van der Waals surface area contributed by atoms with E-state index in [-0.39, 0.29) is 0 Å². The summed E-state index contributed by atoms with van der Waals surface area (Å²) in [6.45, 7) is 3.80. The Balaban J connectivity index is 1.80. The van der Waals surface area contributed by atoms with Gasteiger partial charge in [0.2, 0.25) is 0 Å². The van der Waals surface area contributed by atoms with Crippen LogP contribution in [0, 0.1) is 0 Å². The normalized spacial score (nSPS) is 26.7. The van der Waals surface area contributed by atoms with Gasteiger partial charge in [0.1, 0.15) is 37.1 Å². The zero-order chi connectivity index (χ0) is 22.5. The second-order valence-electron chi connectivity index (χ2n) is 7.57. The third kappa shape index (κ3) is 5.44. The Labute approximate surface area is 186 Å². The molecule has 0 bridgehead atoms. The molecule has 5 atom stereocenters. The molecular weight excluding hydrogens is 422 g/mol. The van der Waals surface area contributed by atoms with Crippen molar-refractivity contribution < 1.29 is 30.0 Å². The van der Waals surface area contributed by atoms with Crippen LogP contribution in [-0.2, 0) is 16.0 Å². The second kappa shape index (κ2) is 10.5. The molecule has 4 N–H and O–H groups in total.